The van der Waals surface area contributed by atoms with Crippen molar-refractivity contribution in [2.75, 3.05) is 0 Å². The minimum atomic E-state index is -1.01. The molecule has 1 N–H and O–H groups in total. The molecule has 1 aromatic carbocycles. The molecule has 3 rings (SSSR count). The number of fused-ring (bicyclic) bond motifs is 1. The van der Waals surface area contributed by atoms with Crippen LogP contribution < -0.4 is 0 Å². The first-order valence-corrected chi connectivity index (χ1v) is 6.95. The van der Waals surface area contributed by atoms with Crippen LogP contribution in [-0.4, -0.2) is 20.9 Å². The molecule has 0 spiro atoms. The fraction of sp³-hybridized carbons (Fsp3) is 0.231. The molecule has 0 aliphatic heterocycles. The minimum absolute atomic E-state index is 0.118. The first kappa shape index (κ1) is 12.6. The van der Waals surface area contributed by atoms with Gasteiger partial charge in [0.25, 0.3) is 0 Å². The van der Waals surface area contributed by atoms with Crippen molar-refractivity contribution >= 4 is 28.6 Å². The van der Waals surface area contributed by atoms with Crippen molar-refractivity contribution < 1.29 is 14.3 Å². The van der Waals surface area contributed by atoms with Gasteiger partial charge in [-0.05, 0) is 60.1 Å². The van der Waals surface area contributed by atoms with Crippen molar-refractivity contribution in [3.63, 3.8) is 0 Å². The topological polar surface area (TPSA) is 55.1 Å². The molecular weight excluding hydrogens is 362 g/mol. The van der Waals surface area contributed by atoms with Gasteiger partial charge in [0.15, 0.2) is 5.69 Å². The standard InChI is InChI=1S/C13H10FIN2O2/c14-7-4-5-11(9(15)6-7)17-10-3-1-2-8(10)12(16-17)13(18)19/h4-6H,1-3H2,(H,18,19). The number of aromatic nitrogens is 2. The second-order valence-corrected chi connectivity index (χ2v) is 5.60. The molecule has 0 bridgehead atoms. The fourth-order valence-corrected chi connectivity index (χ4v) is 3.17. The molecule has 0 unspecified atom stereocenters. The van der Waals surface area contributed by atoms with Gasteiger partial charge in [0, 0.05) is 14.8 Å². The normalized spacial score (nSPS) is 13.6. The maximum absolute atomic E-state index is 13.1. The third-order valence-electron chi connectivity index (χ3n) is 3.27. The Balaban J connectivity index is 2.21. The molecule has 1 heterocycles. The average Bonchev–Trinajstić information content (AvgIpc) is 2.90. The zero-order valence-corrected chi connectivity index (χ0v) is 12.0. The summed E-state index contributed by atoms with van der Waals surface area (Å²) in [4.78, 5) is 11.2. The highest BCUT2D eigenvalue weighted by atomic mass is 127. The van der Waals surface area contributed by atoms with Gasteiger partial charge in [-0.3, -0.25) is 0 Å². The summed E-state index contributed by atoms with van der Waals surface area (Å²) < 4.78 is 15.5. The number of rotatable bonds is 2. The van der Waals surface area contributed by atoms with Crippen molar-refractivity contribution in [2.45, 2.75) is 19.3 Å². The Morgan fingerprint density at radius 3 is 2.89 bits per heavy atom. The summed E-state index contributed by atoms with van der Waals surface area (Å²) in [6, 6.07) is 4.41. The predicted molar refractivity (Wildman–Crippen MR) is 75.2 cm³/mol. The van der Waals surface area contributed by atoms with E-state index in [2.05, 4.69) is 5.10 Å². The van der Waals surface area contributed by atoms with Crippen LogP contribution in [0.1, 0.15) is 28.2 Å². The van der Waals surface area contributed by atoms with Gasteiger partial charge in [0.2, 0.25) is 0 Å². The molecule has 0 fully saturated rings. The van der Waals surface area contributed by atoms with Crippen molar-refractivity contribution in [3.8, 4) is 5.69 Å². The number of carboxylic acid groups (broad SMARTS) is 1. The number of nitrogens with zero attached hydrogens (tertiary/aromatic N) is 2. The first-order chi connectivity index (χ1) is 9.08. The zero-order valence-electron chi connectivity index (χ0n) is 9.86. The predicted octanol–water partition coefficient (Wildman–Crippen LogP) is 2.80. The summed E-state index contributed by atoms with van der Waals surface area (Å²) in [5.41, 5.74) is 2.59. The van der Waals surface area contributed by atoms with Gasteiger partial charge in [-0.15, -0.1) is 0 Å². The first-order valence-electron chi connectivity index (χ1n) is 5.87. The number of carbonyl (C=O) groups is 1. The van der Waals surface area contributed by atoms with E-state index in [1.807, 2.05) is 22.6 Å². The minimum Gasteiger partial charge on any atom is -0.476 e. The molecule has 2 aromatic rings. The highest BCUT2D eigenvalue weighted by molar-refractivity contribution is 14.1. The van der Waals surface area contributed by atoms with Crippen molar-refractivity contribution in [2.24, 2.45) is 0 Å². The Morgan fingerprint density at radius 1 is 1.42 bits per heavy atom. The summed E-state index contributed by atoms with van der Waals surface area (Å²) in [6.07, 6.45) is 2.49. The van der Waals surface area contributed by atoms with E-state index in [0.29, 0.717) is 3.57 Å². The number of hydrogen-bond donors (Lipinski definition) is 1. The maximum Gasteiger partial charge on any atom is 0.356 e. The van der Waals surface area contributed by atoms with Crippen molar-refractivity contribution in [1.29, 1.82) is 0 Å². The number of hydrogen-bond acceptors (Lipinski definition) is 2. The third kappa shape index (κ3) is 2.03. The van der Waals surface area contributed by atoms with Crippen LogP contribution in [0.4, 0.5) is 4.39 Å². The highest BCUT2D eigenvalue weighted by Gasteiger charge is 2.27. The lowest BCUT2D eigenvalue weighted by molar-refractivity contribution is 0.0689. The van der Waals surface area contributed by atoms with Crippen molar-refractivity contribution in [1.82, 2.24) is 9.78 Å². The second kappa shape index (κ2) is 4.59. The SMILES string of the molecule is O=C(O)c1nn(-c2ccc(F)cc2I)c2c1CCC2. The number of aromatic carboxylic acids is 1. The van der Waals surface area contributed by atoms with Crippen LogP contribution >= 0.6 is 22.6 Å². The van der Waals surface area contributed by atoms with Gasteiger partial charge in [-0.25, -0.2) is 13.9 Å². The van der Waals surface area contributed by atoms with Crippen LogP contribution in [0, 0.1) is 9.39 Å². The Kier molecular flexibility index (Phi) is 3.04. The van der Waals surface area contributed by atoms with E-state index in [0.717, 1.165) is 36.2 Å². The molecule has 1 aliphatic rings. The van der Waals surface area contributed by atoms with Gasteiger partial charge in [0.05, 0.1) is 5.69 Å². The van der Waals surface area contributed by atoms with E-state index in [-0.39, 0.29) is 11.5 Å². The quantitative estimate of drug-likeness (QED) is 0.825. The number of halogens is 2. The van der Waals surface area contributed by atoms with Crippen LogP contribution in [0.2, 0.25) is 0 Å². The second-order valence-electron chi connectivity index (χ2n) is 4.44. The molecule has 19 heavy (non-hydrogen) atoms. The fourth-order valence-electron chi connectivity index (χ4n) is 2.46. The summed E-state index contributed by atoms with van der Waals surface area (Å²) in [5.74, 6) is -1.32. The molecular formula is C13H10FIN2O2. The zero-order chi connectivity index (χ0) is 13.6. The lowest BCUT2D eigenvalue weighted by atomic mass is 10.2. The Labute approximate surface area is 122 Å². The van der Waals surface area contributed by atoms with E-state index < -0.39 is 5.97 Å². The molecule has 98 valence electrons. The molecule has 0 atom stereocenters. The molecule has 1 aromatic heterocycles. The lowest BCUT2D eigenvalue weighted by Crippen LogP contribution is -2.06. The van der Waals surface area contributed by atoms with E-state index in [4.69, 9.17) is 0 Å². The van der Waals surface area contributed by atoms with Gasteiger partial charge in [-0.1, -0.05) is 0 Å². The highest BCUT2D eigenvalue weighted by Crippen LogP contribution is 2.29. The summed E-state index contributed by atoms with van der Waals surface area (Å²) >= 11 is 2.03. The van der Waals surface area contributed by atoms with Gasteiger partial charge < -0.3 is 5.11 Å². The van der Waals surface area contributed by atoms with E-state index in [9.17, 15) is 14.3 Å². The number of carboxylic acids is 1. The van der Waals surface area contributed by atoms with Gasteiger partial charge >= 0.3 is 5.97 Å². The molecule has 0 saturated carbocycles. The molecule has 0 amide bonds. The van der Waals surface area contributed by atoms with Crippen LogP contribution in [0.15, 0.2) is 18.2 Å². The smallest absolute Gasteiger partial charge is 0.356 e. The molecule has 6 heteroatoms. The molecule has 0 saturated heterocycles. The Bertz CT molecular complexity index is 682. The maximum atomic E-state index is 13.1. The average molecular weight is 372 g/mol. The van der Waals surface area contributed by atoms with Crippen LogP contribution in [-0.2, 0) is 12.8 Å². The van der Waals surface area contributed by atoms with Crippen molar-refractivity contribution in [3.05, 3.63) is 44.5 Å². The van der Waals surface area contributed by atoms with Gasteiger partial charge in [0.1, 0.15) is 5.82 Å². The summed E-state index contributed by atoms with van der Waals surface area (Å²) in [6.45, 7) is 0. The summed E-state index contributed by atoms with van der Waals surface area (Å²) in [7, 11) is 0. The number of benzene rings is 1. The summed E-state index contributed by atoms with van der Waals surface area (Å²) in [5, 5.41) is 13.4. The molecule has 0 radical (unpaired) electrons. The monoisotopic (exact) mass is 372 g/mol. The largest absolute Gasteiger partial charge is 0.476 e. The van der Waals surface area contributed by atoms with Crippen LogP contribution in [0.3, 0.4) is 0 Å². The van der Waals surface area contributed by atoms with E-state index >= 15 is 0 Å². The van der Waals surface area contributed by atoms with Crippen LogP contribution in [0.5, 0.6) is 0 Å². The Morgan fingerprint density at radius 2 is 2.21 bits per heavy atom. The third-order valence-corrected chi connectivity index (χ3v) is 4.13. The lowest BCUT2D eigenvalue weighted by Gasteiger charge is -2.07. The van der Waals surface area contributed by atoms with E-state index in [1.54, 1.807) is 10.7 Å². The molecule has 1 aliphatic carbocycles. The van der Waals surface area contributed by atoms with E-state index in [1.165, 1.54) is 12.1 Å². The van der Waals surface area contributed by atoms with Crippen LogP contribution in [0.25, 0.3) is 5.69 Å². The van der Waals surface area contributed by atoms with Gasteiger partial charge in [-0.2, -0.15) is 5.10 Å². The Hall–Kier alpha value is -1.44. The molecule has 4 nitrogen and oxygen atoms in total.